The predicted molar refractivity (Wildman–Crippen MR) is 133 cm³/mol. The van der Waals surface area contributed by atoms with Crippen LogP contribution in [-0.2, 0) is 17.9 Å². The third-order valence-corrected chi connectivity index (χ3v) is 6.49. The maximum absolute atomic E-state index is 13.6. The van der Waals surface area contributed by atoms with Crippen LogP contribution < -0.4 is 9.47 Å². The molecule has 4 rings (SSSR count). The van der Waals surface area contributed by atoms with E-state index in [9.17, 15) is 14.7 Å². The summed E-state index contributed by atoms with van der Waals surface area (Å²) in [7, 11) is 1.63. The standard InChI is InChI=1S/C29H31NO5/c1-34-26-9-5-6-10-27(26)35-25-17-15-23(16-18-25)28(31)30(19-21-7-3-2-4-8-21)20-22-11-13-24(14-12-22)29(32)33/h2-14,23,25H,15-20H2,1H3,(H,32,33)/t23-,25-. The Morgan fingerprint density at radius 2 is 1.37 bits per heavy atom. The van der Waals surface area contributed by atoms with Gasteiger partial charge in [0, 0.05) is 19.0 Å². The molecule has 3 aromatic rings. The molecule has 6 nitrogen and oxygen atoms in total. The van der Waals surface area contributed by atoms with E-state index in [1.165, 1.54) is 0 Å². The topological polar surface area (TPSA) is 76.1 Å². The number of carbonyl (C=O) groups excluding carboxylic acids is 1. The Labute approximate surface area is 206 Å². The molecule has 35 heavy (non-hydrogen) atoms. The molecule has 1 aliphatic carbocycles. The Balaban J connectivity index is 1.42. The Morgan fingerprint density at radius 3 is 1.97 bits per heavy atom. The number of nitrogens with zero attached hydrogens (tertiary/aromatic N) is 1. The van der Waals surface area contributed by atoms with Crippen LogP contribution in [0.25, 0.3) is 0 Å². The van der Waals surface area contributed by atoms with Crippen molar-refractivity contribution in [2.75, 3.05) is 7.11 Å². The van der Waals surface area contributed by atoms with Gasteiger partial charge in [-0.3, -0.25) is 4.79 Å². The van der Waals surface area contributed by atoms with Gasteiger partial charge in [-0.25, -0.2) is 4.79 Å². The second kappa shape index (κ2) is 11.6. The lowest BCUT2D eigenvalue weighted by atomic mass is 9.86. The lowest BCUT2D eigenvalue weighted by Gasteiger charge is -2.32. The average molecular weight is 474 g/mol. The number of ether oxygens (including phenoxy) is 2. The third-order valence-electron chi connectivity index (χ3n) is 6.49. The van der Waals surface area contributed by atoms with E-state index in [-0.39, 0.29) is 23.5 Å². The fourth-order valence-electron chi connectivity index (χ4n) is 4.57. The molecule has 0 radical (unpaired) electrons. The van der Waals surface area contributed by atoms with Crippen LogP contribution in [0.2, 0.25) is 0 Å². The Kier molecular flexibility index (Phi) is 8.03. The number of benzene rings is 3. The summed E-state index contributed by atoms with van der Waals surface area (Å²) in [5.74, 6) is 0.566. The summed E-state index contributed by atoms with van der Waals surface area (Å²) in [6, 6.07) is 24.3. The Morgan fingerprint density at radius 1 is 0.800 bits per heavy atom. The smallest absolute Gasteiger partial charge is 0.335 e. The van der Waals surface area contributed by atoms with Crippen LogP contribution >= 0.6 is 0 Å². The summed E-state index contributed by atoms with van der Waals surface area (Å²) in [4.78, 5) is 26.7. The van der Waals surface area contributed by atoms with Gasteiger partial charge in [0.15, 0.2) is 11.5 Å². The number of hydrogen-bond acceptors (Lipinski definition) is 4. The minimum atomic E-state index is -0.958. The quantitative estimate of drug-likeness (QED) is 0.440. The largest absolute Gasteiger partial charge is 0.493 e. The summed E-state index contributed by atoms with van der Waals surface area (Å²) in [5, 5.41) is 9.17. The first-order chi connectivity index (χ1) is 17.0. The molecule has 182 valence electrons. The minimum absolute atomic E-state index is 0.0569. The van der Waals surface area contributed by atoms with Gasteiger partial charge in [0.1, 0.15) is 0 Å². The van der Waals surface area contributed by atoms with Crippen molar-refractivity contribution in [3.8, 4) is 11.5 Å². The highest BCUT2D eigenvalue weighted by Crippen LogP contribution is 2.33. The maximum Gasteiger partial charge on any atom is 0.335 e. The molecule has 0 aliphatic heterocycles. The summed E-state index contributed by atoms with van der Waals surface area (Å²) in [6.07, 6.45) is 3.20. The molecule has 0 unspecified atom stereocenters. The van der Waals surface area contributed by atoms with Gasteiger partial charge in [-0.2, -0.15) is 0 Å². The van der Waals surface area contributed by atoms with E-state index >= 15 is 0 Å². The van der Waals surface area contributed by atoms with Crippen LogP contribution in [0, 0.1) is 5.92 Å². The number of para-hydroxylation sites is 2. The summed E-state index contributed by atoms with van der Waals surface area (Å²) in [6.45, 7) is 0.948. The van der Waals surface area contributed by atoms with Crippen LogP contribution in [0.15, 0.2) is 78.9 Å². The van der Waals surface area contributed by atoms with Crippen molar-refractivity contribution >= 4 is 11.9 Å². The number of rotatable bonds is 9. The Bertz CT molecular complexity index is 1120. The van der Waals surface area contributed by atoms with Crippen LogP contribution in [0.4, 0.5) is 0 Å². The lowest BCUT2D eigenvalue weighted by molar-refractivity contribution is -0.138. The fraction of sp³-hybridized carbons (Fsp3) is 0.310. The summed E-state index contributed by atoms with van der Waals surface area (Å²) < 4.78 is 11.6. The predicted octanol–water partition coefficient (Wildman–Crippen LogP) is 5.56. The molecule has 0 heterocycles. The van der Waals surface area contributed by atoms with Crippen molar-refractivity contribution in [3.05, 3.63) is 95.6 Å². The van der Waals surface area contributed by atoms with Crippen molar-refractivity contribution in [2.24, 2.45) is 5.92 Å². The van der Waals surface area contributed by atoms with E-state index in [2.05, 4.69) is 0 Å². The lowest BCUT2D eigenvalue weighted by Crippen LogP contribution is -2.38. The Hall–Kier alpha value is -3.80. The van der Waals surface area contributed by atoms with Gasteiger partial charge in [0.25, 0.3) is 0 Å². The highest BCUT2D eigenvalue weighted by atomic mass is 16.5. The first-order valence-electron chi connectivity index (χ1n) is 12.0. The second-order valence-corrected chi connectivity index (χ2v) is 8.92. The maximum atomic E-state index is 13.6. The number of carboxylic acid groups (broad SMARTS) is 1. The average Bonchev–Trinajstić information content (AvgIpc) is 2.89. The van der Waals surface area contributed by atoms with Gasteiger partial charge in [0.05, 0.1) is 18.8 Å². The molecule has 3 aromatic carbocycles. The number of carboxylic acids is 1. The molecular formula is C29H31NO5. The SMILES string of the molecule is COc1ccccc1O[C@H]1CC[C@H](C(=O)N(Cc2ccccc2)Cc2ccc(C(=O)O)cc2)CC1. The number of amides is 1. The number of aromatic carboxylic acids is 1. The molecular weight excluding hydrogens is 442 g/mol. The molecule has 1 fully saturated rings. The minimum Gasteiger partial charge on any atom is -0.493 e. The van der Waals surface area contributed by atoms with Crippen LogP contribution in [0.3, 0.4) is 0 Å². The highest BCUT2D eigenvalue weighted by Gasteiger charge is 2.31. The summed E-state index contributed by atoms with van der Waals surface area (Å²) >= 11 is 0. The van der Waals surface area contributed by atoms with E-state index in [0.717, 1.165) is 42.6 Å². The van der Waals surface area contributed by atoms with Gasteiger partial charge in [-0.1, -0.05) is 54.6 Å². The zero-order valence-electron chi connectivity index (χ0n) is 19.9. The number of methoxy groups -OCH3 is 1. The first-order valence-corrected chi connectivity index (χ1v) is 12.0. The summed E-state index contributed by atoms with van der Waals surface area (Å²) in [5.41, 5.74) is 2.21. The van der Waals surface area contributed by atoms with E-state index in [1.807, 2.05) is 59.5 Å². The van der Waals surface area contributed by atoms with Crippen molar-refractivity contribution in [1.82, 2.24) is 4.90 Å². The molecule has 0 bridgehead atoms. The van der Waals surface area contributed by atoms with E-state index in [4.69, 9.17) is 9.47 Å². The van der Waals surface area contributed by atoms with Crippen molar-refractivity contribution in [1.29, 1.82) is 0 Å². The van der Waals surface area contributed by atoms with Crippen molar-refractivity contribution < 1.29 is 24.2 Å². The van der Waals surface area contributed by atoms with Crippen molar-refractivity contribution in [2.45, 2.75) is 44.9 Å². The first kappa shape index (κ1) is 24.3. The molecule has 0 atom stereocenters. The molecule has 1 saturated carbocycles. The zero-order chi connectivity index (χ0) is 24.6. The second-order valence-electron chi connectivity index (χ2n) is 8.92. The third kappa shape index (κ3) is 6.41. The van der Waals surface area contributed by atoms with Gasteiger partial charge >= 0.3 is 5.97 Å². The molecule has 1 amide bonds. The number of hydrogen-bond donors (Lipinski definition) is 1. The molecule has 0 aromatic heterocycles. The van der Waals surface area contributed by atoms with Gasteiger partial charge in [-0.15, -0.1) is 0 Å². The molecule has 0 spiro atoms. The van der Waals surface area contributed by atoms with Crippen LogP contribution in [0.1, 0.15) is 47.2 Å². The van der Waals surface area contributed by atoms with Gasteiger partial charge in [0.2, 0.25) is 5.91 Å². The van der Waals surface area contributed by atoms with Crippen LogP contribution in [0.5, 0.6) is 11.5 Å². The van der Waals surface area contributed by atoms with Crippen LogP contribution in [-0.4, -0.2) is 35.1 Å². The monoisotopic (exact) mass is 473 g/mol. The molecule has 1 aliphatic rings. The van der Waals surface area contributed by atoms with E-state index in [1.54, 1.807) is 31.4 Å². The highest BCUT2D eigenvalue weighted by molar-refractivity contribution is 5.87. The molecule has 0 saturated heterocycles. The number of carbonyl (C=O) groups is 2. The molecule has 6 heteroatoms. The molecule has 1 N–H and O–H groups in total. The zero-order valence-corrected chi connectivity index (χ0v) is 19.9. The van der Waals surface area contributed by atoms with Gasteiger partial charge < -0.3 is 19.5 Å². The van der Waals surface area contributed by atoms with Gasteiger partial charge in [-0.05, 0) is 61.1 Å². The van der Waals surface area contributed by atoms with E-state index < -0.39 is 5.97 Å². The van der Waals surface area contributed by atoms with E-state index in [0.29, 0.717) is 18.8 Å². The fourth-order valence-corrected chi connectivity index (χ4v) is 4.57. The normalized spacial score (nSPS) is 17.4. The van der Waals surface area contributed by atoms with Crippen molar-refractivity contribution in [3.63, 3.8) is 0 Å².